The molecule has 0 saturated carbocycles. The average molecular weight is 401 g/mol. The summed E-state index contributed by atoms with van der Waals surface area (Å²) >= 11 is 0. The van der Waals surface area contributed by atoms with Crippen molar-refractivity contribution in [2.24, 2.45) is 0 Å². The number of carbonyl (C=O) groups excluding carboxylic acids is 1. The van der Waals surface area contributed by atoms with Gasteiger partial charge in [0.2, 0.25) is 0 Å². The molecule has 1 amide bonds. The van der Waals surface area contributed by atoms with Gasteiger partial charge in [-0.05, 0) is 56.3 Å². The van der Waals surface area contributed by atoms with Gasteiger partial charge in [-0.1, -0.05) is 35.9 Å². The molecule has 0 aliphatic carbocycles. The first-order valence-electron chi connectivity index (χ1n) is 10.4. The van der Waals surface area contributed by atoms with Crippen molar-refractivity contribution in [3.05, 3.63) is 77.5 Å². The van der Waals surface area contributed by atoms with Crippen LogP contribution in [-0.4, -0.2) is 49.0 Å². The van der Waals surface area contributed by atoms with Crippen LogP contribution >= 0.6 is 0 Å². The minimum absolute atomic E-state index is 0.0478. The average Bonchev–Trinajstić information content (AvgIpc) is 3.08. The van der Waals surface area contributed by atoms with Crippen LogP contribution in [0.2, 0.25) is 0 Å². The predicted octanol–water partition coefficient (Wildman–Crippen LogP) is 4.22. The summed E-state index contributed by atoms with van der Waals surface area (Å²) in [6.45, 7) is 8.28. The van der Waals surface area contributed by atoms with Crippen LogP contribution in [0.1, 0.15) is 25.0 Å². The largest absolute Gasteiger partial charge is 0.354 e. The number of para-hydroxylation sites is 1. The number of nitrogens with zero attached hydrogens (tertiary/aromatic N) is 3. The summed E-state index contributed by atoms with van der Waals surface area (Å²) in [5, 5.41) is 2.91. The van der Waals surface area contributed by atoms with Crippen molar-refractivity contribution in [2.75, 3.05) is 43.4 Å². The van der Waals surface area contributed by atoms with E-state index in [-0.39, 0.29) is 5.91 Å². The summed E-state index contributed by atoms with van der Waals surface area (Å²) in [6, 6.07) is 12.0. The number of nitrogens with one attached hydrogen (secondary N) is 1. The number of allylic oxidation sites excluding steroid dienone is 5. The fourth-order valence-corrected chi connectivity index (χ4v) is 3.75. The number of likely N-dealkylation sites (N-methyl/N-ethyl adjacent to an activating group) is 1. The van der Waals surface area contributed by atoms with E-state index in [1.54, 1.807) is 0 Å². The monoisotopic (exact) mass is 400 g/mol. The topological polar surface area (TPSA) is 48.5 Å². The number of amides is 1. The number of hydrogen-bond donors (Lipinski definition) is 1. The maximum Gasteiger partial charge on any atom is 0.256 e. The van der Waals surface area contributed by atoms with Crippen LogP contribution in [0.4, 0.5) is 11.5 Å². The second-order valence-electron chi connectivity index (χ2n) is 8.01. The molecule has 2 aliphatic rings. The predicted molar refractivity (Wildman–Crippen MR) is 124 cm³/mol. The van der Waals surface area contributed by atoms with Gasteiger partial charge in [0.15, 0.2) is 0 Å². The molecule has 0 spiro atoms. The van der Waals surface area contributed by atoms with Gasteiger partial charge in [0.1, 0.15) is 5.82 Å². The number of aromatic nitrogens is 1. The van der Waals surface area contributed by atoms with E-state index in [1.165, 1.54) is 0 Å². The number of carbonyl (C=O) groups is 1. The third kappa shape index (κ3) is 4.36. The Bertz CT molecular complexity index is 1030. The van der Waals surface area contributed by atoms with Crippen LogP contribution in [0, 0.1) is 0 Å². The van der Waals surface area contributed by atoms with Crippen LogP contribution in [-0.2, 0) is 4.79 Å². The van der Waals surface area contributed by atoms with Gasteiger partial charge in [-0.15, -0.1) is 0 Å². The van der Waals surface area contributed by atoms with E-state index in [4.69, 9.17) is 0 Å². The van der Waals surface area contributed by atoms with Gasteiger partial charge in [0, 0.05) is 49.2 Å². The molecule has 1 fully saturated rings. The Morgan fingerprint density at radius 3 is 2.53 bits per heavy atom. The van der Waals surface area contributed by atoms with Crippen LogP contribution < -0.4 is 10.2 Å². The molecule has 5 nitrogen and oxygen atoms in total. The first kappa shape index (κ1) is 20.1. The second-order valence-corrected chi connectivity index (χ2v) is 8.01. The molecule has 1 aromatic carbocycles. The Hall–Kier alpha value is -3.18. The van der Waals surface area contributed by atoms with Gasteiger partial charge >= 0.3 is 0 Å². The standard InChI is InChI=1S/C25H28N4O/c1-18(16-22-21-6-4-5-7-23(21)27-25(22)30)8-9-19(2)20-10-11-24(26-17-20)29-14-12-28(3)13-15-29/h4-11,16-17H,12-15H2,1-3H3,(H,27,30)/b18-8+,19-9+,22-16+. The van der Waals surface area contributed by atoms with Crippen LogP contribution in [0.5, 0.6) is 0 Å². The Labute approximate surface area is 178 Å². The van der Waals surface area contributed by atoms with E-state index in [0.29, 0.717) is 5.57 Å². The van der Waals surface area contributed by atoms with Gasteiger partial charge < -0.3 is 15.1 Å². The zero-order valence-electron chi connectivity index (χ0n) is 17.9. The van der Waals surface area contributed by atoms with Gasteiger partial charge in [-0.25, -0.2) is 4.98 Å². The summed E-state index contributed by atoms with van der Waals surface area (Å²) in [7, 11) is 2.16. The van der Waals surface area contributed by atoms with Gasteiger partial charge in [0.05, 0.1) is 0 Å². The molecule has 2 aromatic rings. The normalized spacial score (nSPS) is 19.2. The molecule has 3 heterocycles. The van der Waals surface area contributed by atoms with E-state index in [0.717, 1.165) is 60.0 Å². The Balaban J connectivity index is 1.47. The maximum atomic E-state index is 12.3. The molecule has 0 radical (unpaired) electrons. The Kier molecular flexibility index (Phi) is 5.81. The summed E-state index contributed by atoms with van der Waals surface area (Å²) in [5.41, 5.74) is 5.82. The molecule has 1 saturated heterocycles. The summed E-state index contributed by atoms with van der Waals surface area (Å²) in [5.74, 6) is 0.996. The first-order chi connectivity index (χ1) is 14.5. The van der Waals surface area contributed by atoms with E-state index >= 15 is 0 Å². The number of piperazine rings is 1. The molecule has 154 valence electrons. The number of benzene rings is 1. The van der Waals surface area contributed by atoms with Crippen molar-refractivity contribution in [2.45, 2.75) is 13.8 Å². The fraction of sp³-hybridized carbons (Fsp3) is 0.280. The lowest BCUT2D eigenvalue weighted by atomic mass is 10.0. The Morgan fingerprint density at radius 2 is 1.80 bits per heavy atom. The van der Waals surface area contributed by atoms with Crippen molar-refractivity contribution in [3.8, 4) is 0 Å². The number of pyridine rings is 1. The number of anilines is 2. The van der Waals surface area contributed by atoms with Crippen LogP contribution in [0.15, 0.2) is 66.4 Å². The minimum atomic E-state index is -0.0478. The zero-order chi connectivity index (χ0) is 21.1. The quantitative estimate of drug-likeness (QED) is 0.617. The van der Waals surface area contributed by atoms with Crippen molar-refractivity contribution in [3.63, 3.8) is 0 Å². The fourth-order valence-electron chi connectivity index (χ4n) is 3.75. The van der Waals surface area contributed by atoms with Gasteiger partial charge in [-0.2, -0.15) is 0 Å². The summed E-state index contributed by atoms with van der Waals surface area (Å²) < 4.78 is 0. The SMILES string of the molecule is CC(=C\C=C(/C)c1ccc(N2CCN(C)CC2)nc1)/C=C1/C(=O)Nc2ccccc21. The van der Waals surface area contributed by atoms with Gasteiger partial charge in [-0.3, -0.25) is 4.79 Å². The third-order valence-corrected chi connectivity index (χ3v) is 5.71. The molecule has 30 heavy (non-hydrogen) atoms. The molecular formula is C25H28N4O. The van der Waals surface area contributed by atoms with Crippen LogP contribution in [0.3, 0.4) is 0 Å². The first-order valence-corrected chi connectivity index (χ1v) is 10.4. The lowest BCUT2D eigenvalue weighted by Gasteiger charge is -2.33. The zero-order valence-corrected chi connectivity index (χ0v) is 17.9. The second kappa shape index (κ2) is 8.67. The van der Waals surface area contributed by atoms with E-state index in [9.17, 15) is 4.79 Å². The summed E-state index contributed by atoms with van der Waals surface area (Å²) in [4.78, 5) is 21.6. The number of rotatable bonds is 4. The van der Waals surface area contributed by atoms with E-state index in [1.807, 2.05) is 49.5 Å². The van der Waals surface area contributed by atoms with E-state index < -0.39 is 0 Å². The highest BCUT2D eigenvalue weighted by atomic mass is 16.2. The van der Waals surface area contributed by atoms with E-state index in [2.05, 4.69) is 52.3 Å². The van der Waals surface area contributed by atoms with Crippen molar-refractivity contribution >= 4 is 28.6 Å². The smallest absolute Gasteiger partial charge is 0.256 e. The van der Waals surface area contributed by atoms with Crippen LogP contribution in [0.25, 0.3) is 11.1 Å². The highest BCUT2D eigenvalue weighted by Crippen LogP contribution is 2.32. The lowest BCUT2D eigenvalue weighted by molar-refractivity contribution is -0.110. The molecule has 0 unspecified atom stereocenters. The van der Waals surface area contributed by atoms with Crippen molar-refractivity contribution in [1.82, 2.24) is 9.88 Å². The molecule has 0 bridgehead atoms. The van der Waals surface area contributed by atoms with Crippen molar-refractivity contribution in [1.29, 1.82) is 0 Å². The molecule has 2 aliphatic heterocycles. The molecule has 1 N–H and O–H groups in total. The highest BCUT2D eigenvalue weighted by molar-refractivity contribution is 6.31. The molecule has 1 aromatic heterocycles. The molecule has 0 atom stereocenters. The van der Waals surface area contributed by atoms with Gasteiger partial charge in [0.25, 0.3) is 5.91 Å². The third-order valence-electron chi connectivity index (χ3n) is 5.71. The summed E-state index contributed by atoms with van der Waals surface area (Å²) in [6.07, 6.45) is 8.02. The Morgan fingerprint density at radius 1 is 1.03 bits per heavy atom. The molecular weight excluding hydrogens is 372 g/mol. The van der Waals surface area contributed by atoms with Crippen molar-refractivity contribution < 1.29 is 4.79 Å². The number of fused-ring (bicyclic) bond motifs is 1. The molecule has 4 rings (SSSR count). The lowest BCUT2D eigenvalue weighted by Crippen LogP contribution is -2.44. The highest BCUT2D eigenvalue weighted by Gasteiger charge is 2.23. The molecule has 5 heteroatoms. The minimum Gasteiger partial charge on any atom is -0.354 e. The number of hydrogen-bond acceptors (Lipinski definition) is 4. The maximum absolute atomic E-state index is 12.3.